The molecule has 0 aromatic rings. The first-order valence-corrected chi connectivity index (χ1v) is 6.33. The van der Waals surface area contributed by atoms with E-state index in [0.717, 1.165) is 6.04 Å². The number of nitrogens with zero attached hydrogens (tertiary/aromatic N) is 1. The van der Waals surface area contributed by atoms with Gasteiger partial charge in [-0.2, -0.15) is 0 Å². The third kappa shape index (κ3) is 3.97. The van der Waals surface area contributed by atoms with Crippen molar-refractivity contribution in [2.45, 2.75) is 52.0 Å². The van der Waals surface area contributed by atoms with Crippen molar-refractivity contribution in [1.82, 2.24) is 10.2 Å². The van der Waals surface area contributed by atoms with Crippen LogP contribution in [-0.4, -0.2) is 37.1 Å². The molecule has 14 heavy (non-hydrogen) atoms. The molecule has 84 valence electrons. The first-order valence-electron chi connectivity index (χ1n) is 6.33. The third-order valence-electron chi connectivity index (χ3n) is 3.15. The van der Waals surface area contributed by atoms with Crippen molar-refractivity contribution in [1.29, 1.82) is 0 Å². The summed E-state index contributed by atoms with van der Waals surface area (Å²) >= 11 is 0. The van der Waals surface area contributed by atoms with E-state index in [2.05, 4.69) is 24.1 Å². The van der Waals surface area contributed by atoms with Gasteiger partial charge < -0.3 is 5.32 Å². The summed E-state index contributed by atoms with van der Waals surface area (Å²) in [6, 6.07) is 0.827. The quantitative estimate of drug-likeness (QED) is 0.675. The molecule has 0 radical (unpaired) electrons. The molecule has 0 amide bonds. The van der Waals surface area contributed by atoms with Crippen LogP contribution in [0.1, 0.15) is 46.0 Å². The third-order valence-corrected chi connectivity index (χ3v) is 3.15. The van der Waals surface area contributed by atoms with E-state index in [9.17, 15) is 0 Å². The number of unbranched alkanes of at least 4 members (excludes halogenated alkanes) is 2. The average molecular weight is 198 g/mol. The lowest BCUT2D eigenvalue weighted by Crippen LogP contribution is -2.38. The predicted molar refractivity (Wildman–Crippen MR) is 62.7 cm³/mol. The van der Waals surface area contributed by atoms with Gasteiger partial charge in [0, 0.05) is 12.6 Å². The molecule has 1 heterocycles. The van der Waals surface area contributed by atoms with E-state index in [4.69, 9.17) is 0 Å². The van der Waals surface area contributed by atoms with Crippen LogP contribution in [-0.2, 0) is 0 Å². The van der Waals surface area contributed by atoms with E-state index in [0.29, 0.717) is 0 Å². The Balaban J connectivity index is 2.26. The molecule has 1 rings (SSSR count). The highest BCUT2D eigenvalue weighted by atomic mass is 15.2. The summed E-state index contributed by atoms with van der Waals surface area (Å²) < 4.78 is 0. The van der Waals surface area contributed by atoms with Gasteiger partial charge in [0.2, 0.25) is 0 Å². The summed E-state index contributed by atoms with van der Waals surface area (Å²) in [5.74, 6) is 0. The zero-order valence-corrected chi connectivity index (χ0v) is 9.89. The zero-order chi connectivity index (χ0) is 10.2. The molecule has 0 bridgehead atoms. The van der Waals surface area contributed by atoms with E-state index >= 15 is 0 Å². The van der Waals surface area contributed by atoms with Gasteiger partial charge in [-0.15, -0.1) is 0 Å². The van der Waals surface area contributed by atoms with Gasteiger partial charge in [-0.3, -0.25) is 4.90 Å². The van der Waals surface area contributed by atoms with Crippen LogP contribution in [0.25, 0.3) is 0 Å². The molecule has 0 aliphatic carbocycles. The maximum Gasteiger partial charge on any atom is 0.0232 e. The minimum absolute atomic E-state index is 0.827. The van der Waals surface area contributed by atoms with E-state index in [1.54, 1.807) is 0 Å². The average Bonchev–Trinajstić information content (AvgIpc) is 2.71. The fraction of sp³-hybridized carbons (Fsp3) is 1.00. The number of nitrogens with one attached hydrogen (secondary N) is 1. The molecule has 2 nitrogen and oxygen atoms in total. The maximum atomic E-state index is 3.46. The van der Waals surface area contributed by atoms with Crippen molar-refractivity contribution in [2.75, 3.05) is 26.2 Å². The van der Waals surface area contributed by atoms with E-state index in [1.807, 2.05) is 0 Å². The number of hydrogen-bond donors (Lipinski definition) is 1. The van der Waals surface area contributed by atoms with Crippen molar-refractivity contribution in [3.63, 3.8) is 0 Å². The topological polar surface area (TPSA) is 15.3 Å². The van der Waals surface area contributed by atoms with Crippen LogP contribution < -0.4 is 5.32 Å². The van der Waals surface area contributed by atoms with Crippen molar-refractivity contribution in [2.24, 2.45) is 0 Å². The Morgan fingerprint density at radius 1 is 1.14 bits per heavy atom. The predicted octanol–water partition coefficient (Wildman–Crippen LogP) is 2.25. The van der Waals surface area contributed by atoms with Crippen LogP contribution >= 0.6 is 0 Å². The lowest BCUT2D eigenvalue weighted by atomic mass is 10.1. The maximum absolute atomic E-state index is 3.46. The minimum atomic E-state index is 0.827. The molecule has 1 N–H and O–H groups in total. The molecular weight excluding hydrogens is 172 g/mol. The Kier molecular flexibility index (Phi) is 6.20. The van der Waals surface area contributed by atoms with Crippen LogP contribution in [0.2, 0.25) is 0 Å². The smallest absolute Gasteiger partial charge is 0.0232 e. The van der Waals surface area contributed by atoms with Gasteiger partial charge in [-0.05, 0) is 38.9 Å². The molecule has 0 saturated carbocycles. The number of rotatable bonds is 7. The molecular formula is C12H26N2. The molecule has 1 aliphatic heterocycles. The van der Waals surface area contributed by atoms with Gasteiger partial charge in [0.05, 0.1) is 0 Å². The van der Waals surface area contributed by atoms with E-state index in [1.165, 1.54) is 58.3 Å². The molecule has 2 heteroatoms. The van der Waals surface area contributed by atoms with Crippen LogP contribution in [0.5, 0.6) is 0 Å². The minimum Gasteiger partial charge on any atom is -0.315 e. The molecule has 0 aromatic carbocycles. The van der Waals surface area contributed by atoms with Gasteiger partial charge in [0.15, 0.2) is 0 Å². The second kappa shape index (κ2) is 7.24. The molecule has 0 spiro atoms. The lowest BCUT2D eigenvalue weighted by molar-refractivity contribution is 0.202. The van der Waals surface area contributed by atoms with Crippen LogP contribution in [0, 0.1) is 0 Å². The Labute approximate surface area is 89.1 Å². The van der Waals surface area contributed by atoms with Gasteiger partial charge in [0.1, 0.15) is 0 Å². The first kappa shape index (κ1) is 12.0. The summed E-state index contributed by atoms with van der Waals surface area (Å²) in [4.78, 5) is 2.70. The van der Waals surface area contributed by atoms with Gasteiger partial charge >= 0.3 is 0 Å². The van der Waals surface area contributed by atoms with Crippen molar-refractivity contribution < 1.29 is 0 Å². The van der Waals surface area contributed by atoms with Gasteiger partial charge in [-0.1, -0.05) is 26.7 Å². The van der Waals surface area contributed by atoms with Crippen molar-refractivity contribution in [3.05, 3.63) is 0 Å². The first-order chi connectivity index (χ1) is 6.88. The molecule has 1 atom stereocenters. The monoisotopic (exact) mass is 198 g/mol. The molecule has 0 aromatic heterocycles. The lowest BCUT2D eigenvalue weighted by Gasteiger charge is -2.28. The summed E-state index contributed by atoms with van der Waals surface area (Å²) in [6.07, 6.45) is 6.72. The highest BCUT2D eigenvalue weighted by Crippen LogP contribution is 2.10. The summed E-state index contributed by atoms with van der Waals surface area (Å²) in [7, 11) is 0. The number of hydrogen-bond acceptors (Lipinski definition) is 2. The fourth-order valence-corrected chi connectivity index (χ4v) is 2.15. The fourth-order valence-electron chi connectivity index (χ4n) is 2.15. The van der Waals surface area contributed by atoms with Crippen molar-refractivity contribution in [3.8, 4) is 0 Å². The molecule has 1 saturated heterocycles. The van der Waals surface area contributed by atoms with E-state index in [-0.39, 0.29) is 0 Å². The van der Waals surface area contributed by atoms with Gasteiger partial charge in [-0.25, -0.2) is 0 Å². The largest absolute Gasteiger partial charge is 0.315 e. The zero-order valence-electron chi connectivity index (χ0n) is 9.89. The Morgan fingerprint density at radius 3 is 2.21 bits per heavy atom. The molecule has 1 unspecified atom stereocenters. The molecule has 1 fully saturated rings. The summed E-state index contributed by atoms with van der Waals surface area (Å²) in [5.41, 5.74) is 0. The Bertz CT molecular complexity index is 122. The Morgan fingerprint density at radius 2 is 1.79 bits per heavy atom. The van der Waals surface area contributed by atoms with Crippen LogP contribution in [0.4, 0.5) is 0 Å². The normalized spacial score (nSPS) is 22.1. The van der Waals surface area contributed by atoms with Gasteiger partial charge in [0.25, 0.3) is 0 Å². The van der Waals surface area contributed by atoms with E-state index < -0.39 is 0 Å². The second-order valence-corrected chi connectivity index (χ2v) is 4.39. The van der Waals surface area contributed by atoms with Crippen molar-refractivity contribution >= 4 is 0 Å². The summed E-state index contributed by atoms with van der Waals surface area (Å²) in [6.45, 7) is 9.62. The molecule has 1 aliphatic rings. The standard InChI is InChI=1S/C12H26N2/c1-3-5-9-14(10-6-4-2)12-7-8-13-11-12/h12-13H,3-11H2,1-2H3. The van der Waals surface area contributed by atoms with Crippen LogP contribution in [0.3, 0.4) is 0 Å². The Hall–Kier alpha value is -0.0800. The SMILES string of the molecule is CCCCN(CCCC)C1CCNC1. The highest BCUT2D eigenvalue weighted by Gasteiger charge is 2.20. The highest BCUT2D eigenvalue weighted by molar-refractivity contribution is 4.80. The summed E-state index contributed by atoms with van der Waals surface area (Å²) in [5, 5.41) is 3.46. The van der Waals surface area contributed by atoms with Crippen LogP contribution in [0.15, 0.2) is 0 Å². The second-order valence-electron chi connectivity index (χ2n) is 4.39.